The van der Waals surface area contributed by atoms with Crippen LogP contribution in [0.2, 0.25) is 0 Å². The highest BCUT2D eigenvalue weighted by Gasteiger charge is 2.30. The molecule has 1 aromatic carbocycles. The maximum Gasteiger partial charge on any atom is 0.0457 e. The Morgan fingerprint density at radius 1 is 1.44 bits per heavy atom. The largest absolute Gasteiger partial charge is 0.361 e. The van der Waals surface area contributed by atoms with E-state index in [2.05, 4.69) is 36.3 Å². The molecular formula is C14H18N2. The third kappa shape index (κ3) is 1.54. The summed E-state index contributed by atoms with van der Waals surface area (Å²) in [5.74, 6) is 0.712. The smallest absolute Gasteiger partial charge is 0.0457 e. The normalized spacial score (nSPS) is 17.9. The number of benzene rings is 1. The van der Waals surface area contributed by atoms with Crippen LogP contribution in [0.4, 0.5) is 0 Å². The molecule has 1 aromatic heterocycles. The Hall–Kier alpha value is -1.28. The summed E-state index contributed by atoms with van der Waals surface area (Å²) >= 11 is 0. The summed E-state index contributed by atoms with van der Waals surface area (Å²) in [5, 5.41) is 1.32. The summed E-state index contributed by atoms with van der Waals surface area (Å²) in [6, 6.07) is 6.85. The van der Waals surface area contributed by atoms with E-state index in [1.165, 1.54) is 34.9 Å². The molecular weight excluding hydrogens is 196 g/mol. The number of H-pyrrole nitrogens is 1. The standard InChI is InChI=1S/C14H18N2/c1-2-9-3-6-13-11(7-9)12(8-16-13)14(15)10-4-5-10/h3,6-8,10,14,16H,2,4-5,15H2,1H3. The first-order valence-corrected chi connectivity index (χ1v) is 6.15. The zero-order chi connectivity index (χ0) is 11.1. The quantitative estimate of drug-likeness (QED) is 0.809. The Morgan fingerprint density at radius 2 is 2.25 bits per heavy atom. The molecule has 2 nitrogen and oxygen atoms in total. The van der Waals surface area contributed by atoms with Crippen molar-refractivity contribution in [3.8, 4) is 0 Å². The minimum atomic E-state index is 0.223. The van der Waals surface area contributed by atoms with Gasteiger partial charge in [0.2, 0.25) is 0 Å². The van der Waals surface area contributed by atoms with Gasteiger partial charge in [-0.05, 0) is 48.4 Å². The molecule has 0 spiro atoms. The van der Waals surface area contributed by atoms with Crippen molar-refractivity contribution in [2.45, 2.75) is 32.2 Å². The fourth-order valence-corrected chi connectivity index (χ4v) is 2.39. The van der Waals surface area contributed by atoms with Gasteiger partial charge >= 0.3 is 0 Å². The molecule has 1 aliphatic rings. The van der Waals surface area contributed by atoms with E-state index in [4.69, 9.17) is 5.73 Å². The average molecular weight is 214 g/mol. The number of hydrogen-bond acceptors (Lipinski definition) is 1. The van der Waals surface area contributed by atoms with E-state index in [0.717, 1.165) is 6.42 Å². The molecule has 0 radical (unpaired) electrons. The highest BCUT2D eigenvalue weighted by Crippen LogP contribution is 2.41. The van der Waals surface area contributed by atoms with E-state index in [-0.39, 0.29) is 6.04 Å². The number of fused-ring (bicyclic) bond motifs is 1. The lowest BCUT2D eigenvalue weighted by Gasteiger charge is -2.09. The predicted octanol–water partition coefficient (Wildman–Crippen LogP) is 3.14. The van der Waals surface area contributed by atoms with Gasteiger partial charge in [0, 0.05) is 23.1 Å². The lowest BCUT2D eigenvalue weighted by Crippen LogP contribution is -2.11. The molecule has 1 heterocycles. The van der Waals surface area contributed by atoms with Gasteiger partial charge in [0.1, 0.15) is 0 Å². The summed E-state index contributed by atoms with van der Waals surface area (Å²) in [6.45, 7) is 2.19. The highest BCUT2D eigenvalue weighted by molar-refractivity contribution is 5.84. The van der Waals surface area contributed by atoms with E-state index in [0.29, 0.717) is 5.92 Å². The zero-order valence-corrected chi connectivity index (χ0v) is 9.66. The Bertz CT molecular complexity index is 508. The van der Waals surface area contributed by atoms with Gasteiger partial charge in [-0.3, -0.25) is 0 Å². The molecule has 2 aromatic rings. The van der Waals surface area contributed by atoms with E-state index < -0.39 is 0 Å². The first-order chi connectivity index (χ1) is 7.79. The Morgan fingerprint density at radius 3 is 2.94 bits per heavy atom. The molecule has 3 N–H and O–H groups in total. The maximum atomic E-state index is 6.28. The van der Waals surface area contributed by atoms with Crippen LogP contribution in [0, 0.1) is 5.92 Å². The van der Waals surface area contributed by atoms with Gasteiger partial charge in [-0.2, -0.15) is 0 Å². The molecule has 0 bridgehead atoms. The lowest BCUT2D eigenvalue weighted by atomic mass is 10.0. The maximum absolute atomic E-state index is 6.28. The van der Waals surface area contributed by atoms with Gasteiger partial charge in [0.05, 0.1) is 0 Å². The zero-order valence-electron chi connectivity index (χ0n) is 9.66. The second-order valence-electron chi connectivity index (χ2n) is 4.84. The molecule has 1 unspecified atom stereocenters. The first kappa shape index (κ1) is 9.91. The third-order valence-corrected chi connectivity index (χ3v) is 3.68. The Kier molecular flexibility index (Phi) is 2.25. The van der Waals surface area contributed by atoms with Crippen LogP contribution in [0.5, 0.6) is 0 Å². The van der Waals surface area contributed by atoms with Crippen LogP contribution in [0.1, 0.15) is 36.9 Å². The molecule has 16 heavy (non-hydrogen) atoms. The SMILES string of the molecule is CCc1ccc2[nH]cc(C(N)C3CC3)c2c1. The van der Waals surface area contributed by atoms with Gasteiger partial charge in [0.25, 0.3) is 0 Å². The summed E-state index contributed by atoms with van der Waals surface area (Å²) in [4.78, 5) is 3.32. The van der Waals surface area contributed by atoms with Crippen molar-refractivity contribution in [3.05, 3.63) is 35.5 Å². The summed E-state index contributed by atoms with van der Waals surface area (Å²) in [5.41, 5.74) is 10.2. The number of nitrogens with one attached hydrogen (secondary N) is 1. The number of nitrogens with two attached hydrogens (primary N) is 1. The third-order valence-electron chi connectivity index (χ3n) is 3.68. The van der Waals surface area contributed by atoms with Gasteiger partial charge in [-0.15, -0.1) is 0 Å². The average Bonchev–Trinajstić information content (AvgIpc) is 3.08. The van der Waals surface area contributed by atoms with Crippen molar-refractivity contribution in [1.29, 1.82) is 0 Å². The van der Waals surface area contributed by atoms with Crippen LogP contribution in [-0.4, -0.2) is 4.98 Å². The fraction of sp³-hybridized carbons (Fsp3) is 0.429. The minimum absolute atomic E-state index is 0.223. The van der Waals surface area contributed by atoms with Crippen molar-refractivity contribution < 1.29 is 0 Å². The molecule has 2 heteroatoms. The molecule has 1 fully saturated rings. The van der Waals surface area contributed by atoms with Crippen LogP contribution in [0.25, 0.3) is 10.9 Å². The second-order valence-corrected chi connectivity index (χ2v) is 4.84. The number of aryl methyl sites for hydroxylation is 1. The summed E-state index contributed by atoms with van der Waals surface area (Å²) < 4.78 is 0. The van der Waals surface area contributed by atoms with Crippen LogP contribution >= 0.6 is 0 Å². The predicted molar refractivity (Wildman–Crippen MR) is 67.3 cm³/mol. The molecule has 1 aliphatic carbocycles. The van der Waals surface area contributed by atoms with Crippen LogP contribution < -0.4 is 5.73 Å². The fourth-order valence-electron chi connectivity index (χ4n) is 2.39. The van der Waals surface area contributed by atoms with Crippen molar-refractivity contribution in [1.82, 2.24) is 4.98 Å². The Labute approximate surface area is 95.8 Å². The van der Waals surface area contributed by atoms with Gasteiger partial charge in [0.15, 0.2) is 0 Å². The van der Waals surface area contributed by atoms with Crippen molar-refractivity contribution in [2.24, 2.45) is 11.7 Å². The molecule has 84 valence electrons. The molecule has 1 saturated carbocycles. The molecule has 0 aliphatic heterocycles. The number of hydrogen-bond donors (Lipinski definition) is 2. The monoisotopic (exact) mass is 214 g/mol. The summed E-state index contributed by atoms with van der Waals surface area (Å²) in [7, 11) is 0. The number of aromatic amines is 1. The van der Waals surface area contributed by atoms with Crippen molar-refractivity contribution >= 4 is 10.9 Å². The molecule has 1 atom stereocenters. The molecule has 3 rings (SSSR count). The van der Waals surface area contributed by atoms with Gasteiger partial charge < -0.3 is 10.7 Å². The van der Waals surface area contributed by atoms with Crippen molar-refractivity contribution in [3.63, 3.8) is 0 Å². The van der Waals surface area contributed by atoms with Crippen LogP contribution in [-0.2, 0) is 6.42 Å². The highest BCUT2D eigenvalue weighted by atomic mass is 14.7. The minimum Gasteiger partial charge on any atom is -0.361 e. The number of rotatable bonds is 3. The van der Waals surface area contributed by atoms with E-state index >= 15 is 0 Å². The summed E-state index contributed by atoms with van der Waals surface area (Å²) in [6.07, 6.45) is 5.76. The number of aromatic nitrogens is 1. The van der Waals surface area contributed by atoms with E-state index in [1.807, 2.05) is 0 Å². The van der Waals surface area contributed by atoms with E-state index in [1.54, 1.807) is 0 Å². The topological polar surface area (TPSA) is 41.8 Å². The van der Waals surface area contributed by atoms with E-state index in [9.17, 15) is 0 Å². The lowest BCUT2D eigenvalue weighted by molar-refractivity contribution is 0.638. The molecule has 0 amide bonds. The van der Waals surface area contributed by atoms with Gasteiger partial charge in [-0.25, -0.2) is 0 Å². The van der Waals surface area contributed by atoms with Crippen LogP contribution in [0.3, 0.4) is 0 Å². The van der Waals surface area contributed by atoms with Crippen LogP contribution in [0.15, 0.2) is 24.4 Å². The second kappa shape index (κ2) is 3.63. The van der Waals surface area contributed by atoms with Gasteiger partial charge in [-0.1, -0.05) is 13.0 Å². The molecule has 0 saturated heterocycles. The van der Waals surface area contributed by atoms with Crippen molar-refractivity contribution in [2.75, 3.05) is 0 Å². The Balaban J connectivity index is 2.09. The first-order valence-electron chi connectivity index (χ1n) is 6.15.